The third-order valence-corrected chi connectivity index (χ3v) is 0. The number of hydrogen-bond acceptors (Lipinski definition) is 4. The molecule has 0 saturated carbocycles. The first-order chi connectivity index (χ1) is 2.00. The van der Waals surface area contributed by atoms with Gasteiger partial charge in [0.2, 0.25) is 0 Å². The SMILES string of the molecule is [Cr+2].[O-][P+]([O-])([O-])O. The van der Waals surface area contributed by atoms with Crippen LogP contribution in [-0.4, -0.2) is 4.89 Å². The summed E-state index contributed by atoms with van der Waals surface area (Å²) in [5.74, 6) is 0. The van der Waals surface area contributed by atoms with Crippen LogP contribution in [0.1, 0.15) is 0 Å². The van der Waals surface area contributed by atoms with Crippen LogP contribution in [0.2, 0.25) is 0 Å². The summed E-state index contributed by atoms with van der Waals surface area (Å²) >= 11 is 0. The van der Waals surface area contributed by atoms with Crippen molar-refractivity contribution in [3.8, 4) is 0 Å². The minimum Gasteiger partial charge on any atom is -0.663 e. The van der Waals surface area contributed by atoms with E-state index in [0.29, 0.717) is 0 Å². The molecular formula is HCrO4P. The zero-order chi connectivity index (χ0) is 4.50. The van der Waals surface area contributed by atoms with Crippen LogP contribution in [0.15, 0.2) is 0 Å². The molecule has 0 bridgehead atoms. The fourth-order valence-corrected chi connectivity index (χ4v) is 0. The summed E-state index contributed by atoms with van der Waals surface area (Å²) in [5, 5.41) is 0. The second-order valence-corrected chi connectivity index (χ2v) is 1.41. The summed E-state index contributed by atoms with van der Waals surface area (Å²) < 4.78 is 0. The van der Waals surface area contributed by atoms with Gasteiger partial charge in [-0.15, -0.1) is 0 Å². The van der Waals surface area contributed by atoms with E-state index in [0.717, 1.165) is 0 Å². The second-order valence-electron chi connectivity index (χ2n) is 0.469. The first kappa shape index (κ1) is 9.93. The Hall–Kier alpha value is 0.802. The van der Waals surface area contributed by atoms with E-state index in [1.165, 1.54) is 0 Å². The third kappa shape index (κ3) is 108. The van der Waals surface area contributed by atoms with Crippen molar-refractivity contribution in [2.75, 3.05) is 0 Å². The van der Waals surface area contributed by atoms with E-state index in [-0.39, 0.29) is 17.4 Å². The Labute approximate surface area is 45.9 Å². The maximum atomic E-state index is 8.66. The number of phosphoric acid groups is 1. The Morgan fingerprint density at radius 3 is 1.17 bits per heavy atom. The van der Waals surface area contributed by atoms with Gasteiger partial charge < -0.3 is 14.7 Å². The van der Waals surface area contributed by atoms with Gasteiger partial charge in [-0.2, -0.15) is 0 Å². The summed E-state index contributed by atoms with van der Waals surface area (Å²) in [4.78, 5) is 32.9. The van der Waals surface area contributed by atoms with Crippen LogP contribution in [0.3, 0.4) is 0 Å². The molecule has 0 fully saturated rings. The molecular weight excluding hydrogens is 147 g/mol. The quantitative estimate of drug-likeness (QED) is 0.365. The average Bonchev–Trinajstić information content (AvgIpc) is 0.722. The molecule has 0 aromatic rings. The zero-order valence-corrected chi connectivity index (χ0v) is 4.70. The molecule has 0 aliphatic heterocycles. The summed E-state index contributed by atoms with van der Waals surface area (Å²) in [6, 6.07) is 0. The normalized spacial score (nSPS) is 10.0. The van der Waals surface area contributed by atoms with Crippen molar-refractivity contribution in [2.45, 2.75) is 0 Å². The molecule has 0 amide bonds. The van der Waals surface area contributed by atoms with Crippen molar-refractivity contribution >= 4 is 8.17 Å². The summed E-state index contributed by atoms with van der Waals surface area (Å²) in [6.07, 6.45) is 0. The molecule has 0 saturated heterocycles. The molecule has 4 nitrogen and oxygen atoms in total. The molecule has 0 aliphatic rings. The van der Waals surface area contributed by atoms with E-state index in [9.17, 15) is 0 Å². The molecule has 0 unspecified atom stereocenters. The molecule has 0 aliphatic carbocycles. The smallest absolute Gasteiger partial charge is 0.663 e. The monoisotopic (exact) mass is 148 g/mol. The van der Waals surface area contributed by atoms with Gasteiger partial charge in [0.1, 0.15) is 0 Å². The van der Waals surface area contributed by atoms with Gasteiger partial charge in [-0.05, 0) is 8.17 Å². The van der Waals surface area contributed by atoms with Gasteiger partial charge in [-0.25, -0.2) is 0 Å². The van der Waals surface area contributed by atoms with Crippen LogP contribution in [0, 0.1) is 0 Å². The van der Waals surface area contributed by atoms with Crippen LogP contribution in [-0.2, 0) is 17.4 Å². The van der Waals surface area contributed by atoms with Crippen LogP contribution in [0.4, 0.5) is 0 Å². The predicted octanol–water partition coefficient (Wildman–Crippen LogP) is -3.27. The molecule has 0 aromatic carbocycles. The van der Waals surface area contributed by atoms with Crippen LogP contribution >= 0.6 is 8.17 Å². The van der Waals surface area contributed by atoms with Gasteiger partial charge in [0.25, 0.3) is 0 Å². The van der Waals surface area contributed by atoms with Gasteiger partial charge >= 0.3 is 17.4 Å². The first-order valence-corrected chi connectivity index (χ1v) is 2.24. The van der Waals surface area contributed by atoms with Crippen LogP contribution in [0.25, 0.3) is 0 Å². The largest absolute Gasteiger partial charge is 2.00 e. The van der Waals surface area contributed by atoms with Crippen LogP contribution < -0.4 is 14.7 Å². The average molecular weight is 148 g/mol. The fourth-order valence-electron chi connectivity index (χ4n) is 0. The minimum atomic E-state index is -5.14. The number of rotatable bonds is 0. The Bertz CT molecular complexity index is 23.0. The third-order valence-electron chi connectivity index (χ3n) is 0. The fraction of sp³-hybridized carbons (Fsp3) is 0. The molecule has 0 atom stereocenters. The Morgan fingerprint density at radius 2 is 1.17 bits per heavy atom. The van der Waals surface area contributed by atoms with E-state index < -0.39 is 8.17 Å². The standard InChI is InChI=1S/Cr.H3O4P/c;1-5(2,3)4/h;(H3,1,2,3,4)/q+2;/p-2. The van der Waals surface area contributed by atoms with E-state index in [1.54, 1.807) is 0 Å². The minimum absolute atomic E-state index is 0. The molecule has 0 heterocycles. The van der Waals surface area contributed by atoms with E-state index in [2.05, 4.69) is 0 Å². The molecule has 0 aromatic heterocycles. The van der Waals surface area contributed by atoms with Crippen molar-refractivity contribution < 1.29 is 36.9 Å². The molecule has 1 N–H and O–H groups in total. The van der Waals surface area contributed by atoms with Gasteiger partial charge in [-0.1, -0.05) is 0 Å². The van der Waals surface area contributed by atoms with Gasteiger partial charge in [0.05, 0.1) is 0 Å². The summed E-state index contributed by atoms with van der Waals surface area (Å²) in [5.41, 5.74) is 0. The molecule has 0 rings (SSSR count). The first-order valence-electron chi connectivity index (χ1n) is 0.748. The second kappa shape index (κ2) is 2.89. The van der Waals surface area contributed by atoms with E-state index in [4.69, 9.17) is 19.6 Å². The van der Waals surface area contributed by atoms with E-state index in [1.807, 2.05) is 0 Å². The van der Waals surface area contributed by atoms with Gasteiger partial charge in [0.15, 0.2) is 0 Å². The van der Waals surface area contributed by atoms with Crippen molar-refractivity contribution in [1.29, 1.82) is 0 Å². The molecule has 36 valence electrons. The molecule has 0 radical (unpaired) electrons. The molecule has 0 spiro atoms. The topological polar surface area (TPSA) is 89.4 Å². The van der Waals surface area contributed by atoms with E-state index >= 15 is 0 Å². The van der Waals surface area contributed by atoms with Gasteiger partial charge in [0, 0.05) is 0 Å². The molecule has 6 heteroatoms. The zero-order valence-electron chi connectivity index (χ0n) is 2.53. The van der Waals surface area contributed by atoms with Crippen molar-refractivity contribution in [3.05, 3.63) is 0 Å². The Kier molecular flexibility index (Phi) is 4.79. The van der Waals surface area contributed by atoms with Crippen molar-refractivity contribution in [3.63, 3.8) is 0 Å². The van der Waals surface area contributed by atoms with Crippen molar-refractivity contribution in [1.82, 2.24) is 0 Å². The number of hydrogen-bond donors (Lipinski definition) is 1. The summed E-state index contributed by atoms with van der Waals surface area (Å²) in [6.45, 7) is 0. The van der Waals surface area contributed by atoms with Crippen molar-refractivity contribution in [2.24, 2.45) is 0 Å². The summed E-state index contributed by atoms with van der Waals surface area (Å²) in [7, 11) is -5.14. The van der Waals surface area contributed by atoms with Crippen LogP contribution in [0.5, 0.6) is 0 Å². The maximum absolute atomic E-state index is 8.66. The Balaban J connectivity index is 0. The predicted molar refractivity (Wildman–Crippen MR) is 9.14 cm³/mol. The Morgan fingerprint density at radius 1 is 1.17 bits per heavy atom. The maximum Gasteiger partial charge on any atom is 2.00 e. The molecule has 6 heavy (non-hydrogen) atoms. The van der Waals surface area contributed by atoms with Gasteiger partial charge in [-0.3, -0.25) is 4.89 Å².